The first-order valence-corrected chi connectivity index (χ1v) is 5.84. The molecule has 0 aromatic rings. The van der Waals surface area contributed by atoms with Gasteiger partial charge in [0.05, 0.1) is 0 Å². The van der Waals surface area contributed by atoms with E-state index >= 15 is 0 Å². The molecule has 0 aromatic carbocycles. The number of hydrogen-bond acceptors (Lipinski definition) is 3. The van der Waals surface area contributed by atoms with Crippen LogP contribution in [-0.2, 0) is 4.79 Å². The standard InChI is InChI=1S/C10H18O3S/c1-9(2)7(4-5-14-9)6-10(3,13)8(11)12/h7,13H,4-6H2,1-3H3,(H,11,12). The number of carbonyl (C=O) groups is 1. The zero-order chi connectivity index (χ0) is 11.0. The Morgan fingerprint density at radius 2 is 2.21 bits per heavy atom. The van der Waals surface area contributed by atoms with Crippen LogP contribution in [0, 0.1) is 5.92 Å². The van der Waals surface area contributed by atoms with Crippen LogP contribution in [0.3, 0.4) is 0 Å². The van der Waals surface area contributed by atoms with Gasteiger partial charge in [-0.2, -0.15) is 11.8 Å². The van der Waals surface area contributed by atoms with Gasteiger partial charge in [0.2, 0.25) is 0 Å². The van der Waals surface area contributed by atoms with Crippen LogP contribution in [0.2, 0.25) is 0 Å². The topological polar surface area (TPSA) is 57.5 Å². The van der Waals surface area contributed by atoms with E-state index in [-0.39, 0.29) is 4.75 Å². The highest BCUT2D eigenvalue weighted by Crippen LogP contribution is 2.45. The first-order valence-electron chi connectivity index (χ1n) is 4.85. The Morgan fingerprint density at radius 1 is 1.64 bits per heavy atom. The van der Waals surface area contributed by atoms with Crippen molar-refractivity contribution in [1.82, 2.24) is 0 Å². The van der Waals surface area contributed by atoms with Crippen molar-refractivity contribution in [2.45, 2.75) is 44.0 Å². The van der Waals surface area contributed by atoms with Gasteiger partial charge in [-0.25, -0.2) is 4.79 Å². The van der Waals surface area contributed by atoms with Gasteiger partial charge in [0.25, 0.3) is 0 Å². The van der Waals surface area contributed by atoms with Crippen LogP contribution in [0.25, 0.3) is 0 Å². The molecule has 1 aliphatic heterocycles. The van der Waals surface area contributed by atoms with Crippen LogP contribution < -0.4 is 0 Å². The molecule has 1 saturated heterocycles. The van der Waals surface area contributed by atoms with E-state index in [9.17, 15) is 9.90 Å². The van der Waals surface area contributed by atoms with Crippen LogP contribution in [-0.4, -0.2) is 32.3 Å². The van der Waals surface area contributed by atoms with E-state index in [0.717, 1.165) is 12.2 Å². The summed E-state index contributed by atoms with van der Waals surface area (Å²) >= 11 is 1.86. The molecule has 1 aliphatic rings. The Bertz CT molecular complexity index is 236. The van der Waals surface area contributed by atoms with E-state index in [2.05, 4.69) is 13.8 Å². The van der Waals surface area contributed by atoms with Crippen molar-refractivity contribution < 1.29 is 15.0 Å². The number of carboxylic acids is 1. The zero-order valence-corrected chi connectivity index (χ0v) is 9.73. The van der Waals surface area contributed by atoms with Crippen molar-refractivity contribution in [3.63, 3.8) is 0 Å². The third-order valence-electron chi connectivity index (χ3n) is 3.03. The molecule has 4 heteroatoms. The lowest BCUT2D eigenvalue weighted by Crippen LogP contribution is -2.40. The quantitative estimate of drug-likeness (QED) is 0.757. The first-order chi connectivity index (χ1) is 6.26. The molecule has 0 aliphatic carbocycles. The van der Waals surface area contributed by atoms with E-state index in [4.69, 9.17) is 5.11 Å². The summed E-state index contributed by atoms with van der Waals surface area (Å²) < 4.78 is 0.0967. The Labute approximate surface area is 88.9 Å². The van der Waals surface area contributed by atoms with Crippen molar-refractivity contribution in [3.8, 4) is 0 Å². The van der Waals surface area contributed by atoms with Gasteiger partial charge in [-0.1, -0.05) is 13.8 Å². The second kappa shape index (κ2) is 3.74. The molecule has 2 atom stereocenters. The smallest absolute Gasteiger partial charge is 0.335 e. The van der Waals surface area contributed by atoms with Gasteiger partial charge >= 0.3 is 5.97 Å². The highest BCUT2D eigenvalue weighted by molar-refractivity contribution is 8.00. The largest absolute Gasteiger partial charge is 0.479 e. The SMILES string of the molecule is CC(O)(CC1CCSC1(C)C)C(=O)O. The number of aliphatic carboxylic acids is 1. The van der Waals surface area contributed by atoms with E-state index in [1.54, 1.807) is 0 Å². The Kier molecular flexibility index (Phi) is 3.17. The maximum Gasteiger partial charge on any atom is 0.335 e. The minimum Gasteiger partial charge on any atom is -0.479 e. The molecule has 0 spiro atoms. The van der Waals surface area contributed by atoms with Gasteiger partial charge in [-0.05, 0) is 31.4 Å². The summed E-state index contributed by atoms with van der Waals surface area (Å²) in [5, 5.41) is 18.5. The third kappa shape index (κ3) is 2.42. The van der Waals surface area contributed by atoms with E-state index in [0.29, 0.717) is 12.3 Å². The van der Waals surface area contributed by atoms with E-state index in [1.165, 1.54) is 6.92 Å². The molecule has 0 saturated carbocycles. The maximum atomic E-state index is 10.8. The summed E-state index contributed by atoms with van der Waals surface area (Å²) in [5.41, 5.74) is -1.58. The molecule has 0 amide bonds. The monoisotopic (exact) mass is 218 g/mol. The second-order valence-electron chi connectivity index (χ2n) is 4.72. The van der Waals surface area contributed by atoms with Crippen molar-refractivity contribution in [2.24, 2.45) is 5.92 Å². The van der Waals surface area contributed by atoms with E-state index in [1.807, 2.05) is 11.8 Å². The molecule has 3 nitrogen and oxygen atoms in total. The molecule has 1 fully saturated rings. The van der Waals surface area contributed by atoms with Gasteiger partial charge in [0.1, 0.15) is 0 Å². The van der Waals surface area contributed by atoms with Crippen molar-refractivity contribution in [1.29, 1.82) is 0 Å². The van der Waals surface area contributed by atoms with Gasteiger partial charge in [0.15, 0.2) is 5.60 Å². The number of aliphatic hydroxyl groups is 1. The summed E-state index contributed by atoms with van der Waals surface area (Å²) in [6.45, 7) is 5.62. The van der Waals surface area contributed by atoms with Gasteiger partial charge in [-0.3, -0.25) is 0 Å². The Balaban J connectivity index is 2.65. The molecule has 82 valence electrons. The fourth-order valence-electron chi connectivity index (χ4n) is 1.84. The van der Waals surface area contributed by atoms with Gasteiger partial charge in [-0.15, -0.1) is 0 Å². The number of thioether (sulfide) groups is 1. The molecule has 2 unspecified atom stereocenters. The predicted octanol–water partition coefficient (Wildman–Crippen LogP) is 1.74. The molecule has 2 N–H and O–H groups in total. The molecule has 0 radical (unpaired) electrons. The normalized spacial score (nSPS) is 29.9. The molecule has 0 bridgehead atoms. The third-order valence-corrected chi connectivity index (χ3v) is 4.55. The van der Waals surface area contributed by atoms with Crippen molar-refractivity contribution in [2.75, 3.05) is 5.75 Å². The molecule has 1 rings (SSSR count). The van der Waals surface area contributed by atoms with Crippen molar-refractivity contribution in [3.05, 3.63) is 0 Å². The Hall–Kier alpha value is -0.220. The molecule has 0 aromatic heterocycles. The minimum absolute atomic E-state index is 0.0967. The van der Waals surface area contributed by atoms with Crippen LogP contribution in [0.5, 0.6) is 0 Å². The average Bonchev–Trinajstić information content (AvgIpc) is 2.30. The average molecular weight is 218 g/mol. The van der Waals surface area contributed by atoms with Crippen LogP contribution in [0.1, 0.15) is 33.6 Å². The summed E-state index contributed by atoms with van der Waals surface area (Å²) in [5.74, 6) is 0.233. The van der Waals surface area contributed by atoms with Crippen LogP contribution in [0.15, 0.2) is 0 Å². The lowest BCUT2D eigenvalue weighted by molar-refractivity contribution is -0.158. The number of rotatable bonds is 3. The Morgan fingerprint density at radius 3 is 2.57 bits per heavy atom. The summed E-state index contributed by atoms with van der Waals surface area (Å²) in [4.78, 5) is 10.8. The molecular formula is C10H18O3S. The van der Waals surface area contributed by atoms with Gasteiger partial charge < -0.3 is 10.2 Å². The number of carboxylic acid groups (broad SMARTS) is 1. The lowest BCUT2D eigenvalue weighted by Gasteiger charge is -2.30. The summed E-state index contributed by atoms with van der Waals surface area (Å²) in [7, 11) is 0. The van der Waals surface area contributed by atoms with Crippen LogP contribution in [0.4, 0.5) is 0 Å². The first kappa shape index (κ1) is 11.9. The highest BCUT2D eigenvalue weighted by atomic mass is 32.2. The highest BCUT2D eigenvalue weighted by Gasteiger charge is 2.42. The predicted molar refractivity (Wildman–Crippen MR) is 57.5 cm³/mol. The lowest BCUT2D eigenvalue weighted by atomic mass is 9.83. The maximum absolute atomic E-state index is 10.8. The van der Waals surface area contributed by atoms with Gasteiger partial charge in [0, 0.05) is 4.75 Å². The van der Waals surface area contributed by atoms with E-state index < -0.39 is 11.6 Å². The molecular weight excluding hydrogens is 200 g/mol. The number of hydrogen-bond donors (Lipinski definition) is 2. The van der Waals surface area contributed by atoms with Crippen molar-refractivity contribution >= 4 is 17.7 Å². The minimum atomic E-state index is -1.58. The molecule has 1 heterocycles. The fourth-order valence-corrected chi connectivity index (χ4v) is 3.21. The second-order valence-corrected chi connectivity index (χ2v) is 6.47. The molecule has 14 heavy (non-hydrogen) atoms. The summed E-state index contributed by atoms with van der Waals surface area (Å²) in [6.07, 6.45) is 1.35. The fraction of sp³-hybridized carbons (Fsp3) is 0.900. The summed E-state index contributed by atoms with van der Waals surface area (Å²) in [6, 6.07) is 0. The zero-order valence-electron chi connectivity index (χ0n) is 8.91. The van der Waals surface area contributed by atoms with Crippen LogP contribution >= 0.6 is 11.8 Å².